The van der Waals surface area contributed by atoms with Crippen molar-refractivity contribution >= 4 is 5.69 Å². The van der Waals surface area contributed by atoms with Crippen LogP contribution in [0.2, 0.25) is 0 Å². The zero-order valence-corrected chi connectivity index (χ0v) is 11.2. The first-order valence-corrected chi connectivity index (χ1v) is 6.79. The first kappa shape index (κ1) is 15.6. The number of nitro benzene ring substituents is 1. The van der Waals surface area contributed by atoms with E-state index in [1.54, 1.807) is 24.3 Å². The molecule has 0 spiro atoms. The normalized spacial score (nSPS) is 10.6. The lowest BCUT2D eigenvalue weighted by Crippen LogP contribution is -2.18. The zero-order valence-electron chi connectivity index (χ0n) is 11.2. The van der Waals surface area contributed by atoms with Gasteiger partial charge in [0, 0.05) is 18.7 Å². The molecule has 1 rings (SSSR count). The lowest BCUT2D eigenvalue weighted by atomic mass is 10.1. The molecular weight excluding hydrogens is 244 g/mol. The maximum absolute atomic E-state index is 10.5. The molecule has 5 nitrogen and oxygen atoms in total. The molecule has 0 amide bonds. The lowest BCUT2D eigenvalue weighted by molar-refractivity contribution is -0.384. The molecule has 5 heteroatoms. The second-order valence-electron chi connectivity index (χ2n) is 4.56. The third-order valence-corrected chi connectivity index (χ3v) is 3.00. The molecule has 1 aromatic carbocycles. The Kier molecular flexibility index (Phi) is 7.77. The molecule has 106 valence electrons. The summed E-state index contributed by atoms with van der Waals surface area (Å²) in [5.74, 6) is 0. The molecule has 0 saturated carbocycles. The van der Waals surface area contributed by atoms with Gasteiger partial charge in [-0.15, -0.1) is 0 Å². The summed E-state index contributed by atoms with van der Waals surface area (Å²) in [4.78, 5) is 10.1. The number of aliphatic hydroxyl groups excluding tert-OH is 1. The minimum Gasteiger partial charge on any atom is -0.396 e. The summed E-state index contributed by atoms with van der Waals surface area (Å²) in [5.41, 5.74) is 1.25. The van der Waals surface area contributed by atoms with Crippen LogP contribution in [0.4, 0.5) is 5.69 Å². The van der Waals surface area contributed by atoms with Gasteiger partial charge >= 0.3 is 0 Å². The van der Waals surface area contributed by atoms with E-state index in [9.17, 15) is 10.1 Å². The molecule has 0 heterocycles. The third-order valence-electron chi connectivity index (χ3n) is 3.00. The van der Waals surface area contributed by atoms with Crippen LogP contribution in [-0.4, -0.2) is 29.7 Å². The van der Waals surface area contributed by atoms with E-state index in [4.69, 9.17) is 5.11 Å². The van der Waals surface area contributed by atoms with Crippen molar-refractivity contribution in [2.75, 3.05) is 19.7 Å². The first-order valence-electron chi connectivity index (χ1n) is 6.79. The van der Waals surface area contributed by atoms with Gasteiger partial charge in [0.2, 0.25) is 0 Å². The van der Waals surface area contributed by atoms with E-state index in [0.29, 0.717) is 0 Å². The molecule has 0 bridgehead atoms. The topological polar surface area (TPSA) is 75.4 Å². The van der Waals surface area contributed by atoms with Gasteiger partial charge in [0.1, 0.15) is 0 Å². The molecule has 0 aliphatic carbocycles. The van der Waals surface area contributed by atoms with Gasteiger partial charge in [0.15, 0.2) is 0 Å². The average Bonchev–Trinajstić information content (AvgIpc) is 2.42. The van der Waals surface area contributed by atoms with E-state index in [-0.39, 0.29) is 17.2 Å². The number of aliphatic hydroxyl groups is 1. The van der Waals surface area contributed by atoms with Crippen LogP contribution >= 0.6 is 0 Å². The molecular formula is C14H22N2O3. The maximum Gasteiger partial charge on any atom is 0.269 e. The predicted molar refractivity (Wildman–Crippen MR) is 75.2 cm³/mol. The van der Waals surface area contributed by atoms with E-state index >= 15 is 0 Å². The van der Waals surface area contributed by atoms with Gasteiger partial charge in [-0.1, -0.05) is 25.0 Å². The smallest absolute Gasteiger partial charge is 0.269 e. The molecule has 0 saturated heterocycles. The Morgan fingerprint density at radius 2 is 1.74 bits per heavy atom. The van der Waals surface area contributed by atoms with Crippen molar-refractivity contribution in [1.82, 2.24) is 5.32 Å². The second-order valence-corrected chi connectivity index (χ2v) is 4.56. The summed E-state index contributed by atoms with van der Waals surface area (Å²) in [6, 6.07) is 6.70. The Balaban J connectivity index is 2.07. The number of non-ortho nitro benzene ring substituents is 1. The number of hydrogen-bond donors (Lipinski definition) is 2. The Morgan fingerprint density at radius 1 is 1.05 bits per heavy atom. The SMILES string of the molecule is O=[N+]([O-])c1ccc(CCNCCCCCCO)cc1. The number of nitro groups is 1. The van der Waals surface area contributed by atoms with Crippen LogP contribution in [0, 0.1) is 10.1 Å². The summed E-state index contributed by atoms with van der Waals surface area (Å²) < 4.78 is 0. The highest BCUT2D eigenvalue weighted by atomic mass is 16.6. The van der Waals surface area contributed by atoms with Crippen molar-refractivity contribution in [2.24, 2.45) is 0 Å². The van der Waals surface area contributed by atoms with Gasteiger partial charge in [-0.3, -0.25) is 10.1 Å². The average molecular weight is 266 g/mol. The Labute approximate surface area is 113 Å². The molecule has 0 aliphatic heterocycles. The summed E-state index contributed by atoms with van der Waals surface area (Å²) >= 11 is 0. The van der Waals surface area contributed by atoms with E-state index in [2.05, 4.69) is 5.32 Å². The van der Waals surface area contributed by atoms with Crippen LogP contribution in [0.15, 0.2) is 24.3 Å². The molecule has 0 fully saturated rings. The van der Waals surface area contributed by atoms with Crippen molar-refractivity contribution in [1.29, 1.82) is 0 Å². The fourth-order valence-electron chi connectivity index (χ4n) is 1.86. The molecule has 0 radical (unpaired) electrons. The van der Waals surface area contributed by atoms with Crippen molar-refractivity contribution in [3.05, 3.63) is 39.9 Å². The molecule has 1 aromatic rings. The highest BCUT2D eigenvalue weighted by molar-refractivity contribution is 5.32. The molecule has 0 aliphatic rings. The zero-order chi connectivity index (χ0) is 13.9. The van der Waals surface area contributed by atoms with E-state index in [1.807, 2.05) is 0 Å². The van der Waals surface area contributed by atoms with E-state index < -0.39 is 0 Å². The second kappa shape index (κ2) is 9.47. The number of rotatable bonds is 10. The maximum atomic E-state index is 10.5. The number of nitrogens with one attached hydrogen (secondary N) is 1. The van der Waals surface area contributed by atoms with Crippen LogP contribution in [0.25, 0.3) is 0 Å². The fraction of sp³-hybridized carbons (Fsp3) is 0.571. The van der Waals surface area contributed by atoms with Crippen molar-refractivity contribution in [3.8, 4) is 0 Å². The van der Waals surface area contributed by atoms with Crippen LogP contribution in [-0.2, 0) is 6.42 Å². The third kappa shape index (κ3) is 6.88. The summed E-state index contributed by atoms with van der Waals surface area (Å²) in [6.45, 7) is 2.16. The standard InChI is InChI=1S/C14H22N2O3/c17-12-4-2-1-3-10-15-11-9-13-5-7-14(8-6-13)16(18)19/h5-8,15,17H,1-4,9-12H2. The number of benzene rings is 1. The van der Waals surface area contributed by atoms with E-state index in [0.717, 1.165) is 50.8 Å². The molecule has 0 unspecified atom stereocenters. The summed E-state index contributed by atoms with van der Waals surface area (Å²) in [6.07, 6.45) is 5.13. The largest absolute Gasteiger partial charge is 0.396 e. The van der Waals surface area contributed by atoms with Gasteiger partial charge < -0.3 is 10.4 Å². The number of nitrogens with zero attached hydrogens (tertiary/aromatic N) is 1. The Morgan fingerprint density at radius 3 is 2.37 bits per heavy atom. The molecule has 0 atom stereocenters. The van der Waals surface area contributed by atoms with Gasteiger partial charge in [0.25, 0.3) is 5.69 Å². The lowest BCUT2D eigenvalue weighted by Gasteiger charge is -2.04. The number of hydrogen-bond acceptors (Lipinski definition) is 4. The minimum absolute atomic E-state index is 0.139. The van der Waals surface area contributed by atoms with Gasteiger partial charge in [0.05, 0.1) is 4.92 Å². The highest BCUT2D eigenvalue weighted by Crippen LogP contribution is 2.11. The van der Waals surface area contributed by atoms with Crippen LogP contribution in [0.5, 0.6) is 0 Å². The molecule has 2 N–H and O–H groups in total. The van der Waals surface area contributed by atoms with E-state index in [1.165, 1.54) is 0 Å². The van der Waals surface area contributed by atoms with Crippen LogP contribution in [0.1, 0.15) is 31.2 Å². The van der Waals surface area contributed by atoms with Gasteiger partial charge in [-0.2, -0.15) is 0 Å². The minimum atomic E-state index is -0.381. The van der Waals surface area contributed by atoms with Crippen molar-refractivity contribution in [3.63, 3.8) is 0 Å². The van der Waals surface area contributed by atoms with Crippen molar-refractivity contribution in [2.45, 2.75) is 32.1 Å². The number of unbranched alkanes of at least 4 members (excludes halogenated alkanes) is 3. The summed E-state index contributed by atoms with van der Waals surface area (Å²) in [5, 5.41) is 22.5. The molecule has 19 heavy (non-hydrogen) atoms. The van der Waals surface area contributed by atoms with Crippen LogP contribution < -0.4 is 5.32 Å². The van der Waals surface area contributed by atoms with Gasteiger partial charge in [-0.25, -0.2) is 0 Å². The fourth-order valence-corrected chi connectivity index (χ4v) is 1.86. The first-order chi connectivity index (χ1) is 9.24. The quantitative estimate of drug-likeness (QED) is 0.387. The highest BCUT2D eigenvalue weighted by Gasteiger charge is 2.03. The molecule has 0 aromatic heterocycles. The monoisotopic (exact) mass is 266 g/mol. The van der Waals surface area contributed by atoms with Gasteiger partial charge in [-0.05, 0) is 37.9 Å². The Bertz CT molecular complexity index is 365. The predicted octanol–water partition coefficient (Wildman–Crippen LogP) is 2.28. The summed E-state index contributed by atoms with van der Waals surface area (Å²) in [7, 11) is 0. The van der Waals surface area contributed by atoms with Crippen LogP contribution in [0.3, 0.4) is 0 Å². The van der Waals surface area contributed by atoms with Crippen molar-refractivity contribution < 1.29 is 10.0 Å². The Hall–Kier alpha value is -1.46.